The molecule has 0 aromatic rings. The molecular weight excluding hydrogens is 296 g/mol. The maximum Gasteiger partial charge on any atom is 0.329 e. The first-order chi connectivity index (χ1) is 9.68. The van der Waals surface area contributed by atoms with E-state index in [-0.39, 0.29) is 12.8 Å². The van der Waals surface area contributed by atoms with Crippen molar-refractivity contribution in [3.05, 3.63) is 0 Å². The Kier molecular flexibility index (Phi) is 5.75. The van der Waals surface area contributed by atoms with Gasteiger partial charge in [-0.05, 0) is 25.7 Å². The molecule has 1 rings (SSSR count). The van der Waals surface area contributed by atoms with E-state index in [1.807, 2.05) is 0 Å². The third kappa shape index (κ3) is 3.94. The fourth-order valence-corrected chi connectivity index (χ4v) is 3.79. The van der Waals surface area contributed by atoms with Crippen LogP contribution in [0.25, 0.3) is 0 Å². The number of carbonyl (C=O) groups excluding carboxylic acids is 1. The molecule has 1 fully saturated rings. The summed E-state index contributed by atoms with van der Waals surface area (Å²) in [5.41, 5.74) is -1.34. The maximum absolute atomic E-state index is 12.4. The second kappa shape index (κ2) is 6.74. The van der Waals surface area contributed by atoms with Crippen LogP contribution in [0.1, 0.15) is 46.0 Å². The highest BCUT2D eigenvalue weighted by atomic mass is 32.2. The summed E-state index contributed by atoms with van der Waals surface area (Å²) < 4.78 is 24.7. The summed E-state index contributed by atoms with van der Waals surface area (Å²) in [7, 11) is -3.48. The molecule has 0 spiro atoms. The Morgan fingerprint density at radius 2 is 1.86 bits per heavy atom. The van der Waals surface area contributed by atoms with Crippen molar-refractivity contribution in [3.8, 4) is 0 Å². The number of rotatable bonds is 6. The Morgan fingerprint density at radius 3 is 2.29 bits per heavy atom. The van der Waals surface area contributed by atoms with E-state index in [1.54, 1.807) is 13.8 Å². The van der Waals surface area contributed by atoms with Gasteiger partial charge in [-0.1, -0.05) is 20.3 Å². The minimum absolute atomic E-state index is 0.246. The van der Waals surface area contributed by atoms with E-state index in [0.29, 0.717) is 19.4 Å². The van der Waals surface area contributed by atoms with Crippen LogP contribution < -0.4 is 5.32 Å². The second-order valence-electron chi connectivity index (χ2n) is 5.47. The molecule has 1 atom stereocenters. The molecule has 122 valence electrons. The number of amides is 1. The van der Waals surface area contributed by atoms with Crippen molar-refractivity contribution < 1.29 is 23.1 Å². The third-order valence-corrected chi connectivity index (χ3v) is 5.45. The Labute approximate surface area is 125 Å². The van der Waals surface area contributed by atoms with Gasteiger partial charge in [-0.3, -0.25) is 4.79 Å². The number of nitrogens with zero attached hydrogens (tertiary/aromatic N) is 1. The van der Waals surface area contributed by atoms with Crippen molar-refractivity contribution in [2.75, 3.05) is 12.8 Å². The molecule has 21 heavy (non-hydrogen) atoms. The average molecular weight is 320 g/mol. The molecule has 1 heterocycles. The standard InChI is InChI=1S/C13H24N2O5S/c1-4-13(5-2,12(17)18)14-11(16)10-8-6-7-9-15(10)21(3,19)20/h10H,4-9H2,1-3H3,(H,14,16)(H,17,18). The van der Waals surface area contributed by atoms with Gasteiger partial charge in [0.15, 0.2) is 0 Å². The number of carbonyl (C=O) groups is 2. The van der Waals surface area contributed by atoms with Crippen LogP contribution in [0.3, 0.4) is 0 Å². The van der Waals surface area contributed by atoms with Gasteiger partial charge in [-0.2, -0.15) is 4.31 Å². The predicted molar refractivity (Wildman–Crippen MR) is 78.3 cm³/mol. The molecule has 2 N–H and O–H groups in total. The van der Waals surface area contributed by atoms with E-state index >= 15 is 0 Å². The number of aliphatic carboxylic acids is 1. The zero-order valence-corrected chi connectivity index (χ0v) is 13.6. The third-order valence-electron chi connectivity index (χ3n) is 4.16. The number of carboxylic acid groups (broad SMARTS) is 1. The van der Waals surface area contributed by atoms with Crippen molar-refractivity contribution in [3.63, 3.8) is 0 Å². The van der Waals surface area contributed by atoms with Gasteiger partial charge in [0.25, 0.3) is 0 Å². The molecule has 1 saturated heterocycles. The summed E-state index contributed by atoms with van der Waals surface area (Å²) in [6.07, 6.45) is 3.45. The van der Waals surface area contributed by atoms with E-state index in [2.05, 4.69) is 5.32 Å². The van der Waals surface area contributed by atoms with Crippen LogP contribution in [-0.4, -0.2) is 54.1 Å². The molecule has 7 nitrogen and oxygen atoms in total. The minimum atomic E-state index is -3.48. The maximum atomic E-state index is 12.4. The molecule has 1 amide bonds. The predicted octanol–water partition coefficient (Wildman–Crippen LogP) is 0.560. The van der Waals surface area contributed by atoms with Gasteiger partial charge in [-0.25, -0.2) is 13.2 Å². The summed E-state index contributed by atoms with van der Waals surface area (Å²) in [5, 5.41) is 11.9. The number of hydrogen-bond donors (Lipinski definition) is 2. The first kappa shape index (κ1) is 17.9. The van der Waals surface area contributed by atoms with Crippen LogP contribution in [0.2, 0.25) is 0 Å². The Hall–Kier alpha value is -1.15. The van der Waals surface area contributed by atoms with Gasteiger partial charge < -0.3 is 10.4 Å². The lowest BCUT2D eigenvalue weighted by molar-refractivity contribution is -0.148. The van der Waals surface area contributed by atoms with Crippen LogP contribution in [0.5, 0.6) is 0 Å². The van der Waals surface area contributed by atoms with E-state index in [0.717, 1.165) is 12.7 Å². The lowest BCUT2D eigenvalue weighted by Gasteiger charge is -2.36. The normalized spacial score (nSPS) is 21.0. The monoisotopic (exact) mass is 320 g/mol. The summed E-state index contributed by atoms with van der Waals surface area (Å²) in [5.74, 6) is -1.62. The summed E-state index contributed by atoms with van der Waals surface area (Å²) in [6.45, 7) is 3.68. The molecule has 1 unspecified atom stereocenters. The smallest absolute Gasteiger partial charge is 0.329 e. The molecule has 8 heteroatoms. The highest BCUT2D eigenvalue weighted by Crippen LogP contribution is 2.22. The van der Waals surface area contributed by atoms with Crippen molar-refractivity contribution in [1.29, 1.82) is 0 Å². The van der Waals surface area contributed by atoms with Crippen LogP contribution in [-0.2, 0) is 19.6 Å². The van der Waals surface area contributed by atoms with Gasteiger partial charge in [0.2, 0.25) is 15.9 Å². The summed E-state index contributed by atoms with van der Waals surface area (Å²) >= 11 is 0. The van der Waals surface area contributed by atoms with Crippen LogP contribution >= 0.6 is 0 Å². The Morgan fingerprint density at radius 1 is 1.29 bits per heavy atom. The number of sulfonamides is 1. The first-order valence-corrected chi connectivity index (χ1v) is 9.05. The molecule has 0 aromatic heterocycles. The highest BCUT2D eigenvalue weighted by Gasteiger charge is 2.41. The fourth-order valence-electron chi connectivity index (χ4n) is 2.67. The quantitative estimate of drug-likeness (QED) is 0.744. The molecule has 0 aliphatic carbocycles. The number of hydrogen-bond acceptors (Lipinski definition) is 4. The van der Waals surface area contributed by atoms with Crippen LogP contribution in [0.4, 0.5) is 0 Å². The van der Waals surface area contributed by atoms with Gasteiger partial charge in [0.05, 0.1) is 6.26 Å². The zero-order chi connectivity index (χ0) is 16.3. The zero-order valence-electron chi connectivity index (χ0n) is 12.8. The van der Waals surface area contributed by atoms with E-state index in [4.69, 9.17) is 0 Å². The van der Waals surface area contributed by atoms with E-state index < -0.39 is 33.5 Å². The molecule has 1 aliphatic rings. The Bertz CT molecular complexity index is 499. The van der Waals surface area contributed by atoms with E-state index in [1.165, 1.54) is 4.31 Å². The topological polar surface area (TPSA) is 104 Å². The Balaban J connectivity index is 2.97. The van der Waals surface area contributed by atoms with Crippen LogP contribution in [0.15, 0.2) is 0 Å². The number of carboxylic acids is 1. The van der Waals surface area contributed by atoms with Gasteiger partial charge in [0, 0.05) is 6.54 Å². The fraction of sp³-hybridized carbons (Fsp3) is 0.846. The SMILES string of the molecule is CCC(CC)(NC(=O)C1CCCCN1S(C)(=O)=O)C(=O)O. The largest absolute Gasteiger partial charge is 0.480 e. The van der Waals surface area contributed by atoms with Crippen molar-refractivity contribution in [2.45, 2.75) is 57.5 Å². The van der Waals surface area contributed by atoms with Crippen molar-refractivity contribution in [2.24, 2.45) is 0 Å². The van der Waals surface area contributed by atoms with Crippen molar-refractivity contribution >= 4 is 21.9 Å². The molecule has 0 radical (unpaired) electrons. The number of piperidine rings is 1. The lowest BCUT2D eigenvalue weighted by Crippen LogP contribution is -2.60. The summed E-state index contributed by atoms with van der Waals surface area (Å²) in [4.78, 5) is 23.8. The van der Waals surface area contributed by atoms with Crippen LogP contribution in [0, 0.1) is 0 Å². The first-order valence-electron chi connectivity index (χ1n) is 7.20. The average Bonchev–Trinajstić information content (AvgIpc) is 2.43. The van der Waals surface area contributed by atoms with E-state index in [9.17, 15) is 23.1 Å². The minimum Gasteiger partial charge on any atom is -0.480 e. The molecule has 0 saturated carbocycles. The van der Waals surface area contributed by atoms with Gasteiger partial charge >= 0.3 is 5.97 Å². The molecular formula is C13H24N2O5S. The summed E-state index contributed by atoms with van der Waals surface area (Å²) in [6, 6.07) is -0.814. The van der Waals surface area contributed by atoms with Gasteiger partial charge in [0.1, 0.15) is 11.6 Å². The number of nitrogens with one attached hydrogen (secondary N) is 1. The molecule has 0 bridgehead atoms. The van der Waals surface area contributed by atoms with Gasteiger partial charge in [-0.15, -0.1) is 0 Å². The molecule has 1 aliphatic heterocycles. The lowest BCUT2D eigenvalue weighted by atomic mass is 9.92. The molecule has 0 aromatic carbocycles. The highest BCUT2D eigenvalue weighted by molar-refractivity contribution is 7.88. The van der Waals surface area contributed by atoms with Crippen molar-refractivity contribution in [1.82, 2.24) is 9.62 Å². The second-order valence-corrected chi connectivity index (χ2v) is 7.40.